The van der Waals surface area contributed by atoms with E-state index in [0.717, 1.165) is 19.0 Å². The molecule has 2 fully saturated rings. The minimum atomic E-state index is 0.217. The highest BCUT2D eigenvalue weighted by Crippen LogP contribution is 2.30. The van der Waals surface area contributed by atoms with E-state index in [1.807, 2.05) is 0 Å². The summed E-state index contributed by atoms with van der Waals surface area (Å²) in [4.78, 5) is 14.9. The van der Waals surface area contributed by atoms with Gasteiger partial charge in [0.15, 0.2) is 0 Å². The number of hydrogen-bond acceptors (Lipinski definition) is 6. The predicted molar refractivity (Wildman–Crippen MR) is 71.0 cm³/mol. The van der Waals surface area contributed by atoms with Gasteiger partial charge in [0.25, 0.3) is 0 Å². The maximum Gasteiger partial charge on any atom is 0.229 e. The van der Waals surface area contributed by atoms with E-state index in [9.17, 15) is 0 Å². The van der Waals surface area contributed by atoms with Crippen LogP contribution in [0.3, 0.4) is 0 Å². The van der Waals surface area contributed by atoms with Gasteiger partial charge in [0.05, 0.1) is 0 Å². The summed E-state index contributed by atoms with van der Waals surface area (Å²) in [5, 5.41) is 6.43. The zero-order chi connectivity index (χ0) is 12.5. The fourth-order valence-electron chi connectivity index (χ4n) is 2.39. The summed E-state index contributed by atoms with van der Waals surface area (Å²) in [6, 6.07) is 1.24. The zero-order valence-electron chi connectivity index (χ0n) is 10.4. The molecule has 1 saturated heterocycles. The number of aromatic nitrogens is 3. The topological polar surface area (TPSA) is 66.0 Å². The van der Waals surface area contributed by atoms with Crippen molar-refractivity contribution < 1.29 is 0 Å². The number of nitrogens with zero attached hydrogens (tertiary/aromatic N) is 4. The Morgan fingerprint density at radius 1 is 1.17 bits per heavy atom. The summed E-state index contributed by atoms with van der Waals surface area (Å²) in [6.07, 6.45) is 3.84. The molecule has 3 rings (SSSR count). The molecule has 1 atom stereocenters. The third-order valence-electron chi connectivity index (χ3n) is 3.45. The van der Waals surface area contributed by atoms with Gasteiger partial charge in [-0.2, -0.15) is 15.0 Å². The predicted octanol–water partition coefficient (Wildman–Crippen LogP) is 1.22. The quantitative estimate of drug-likeness (QED) is 0.856. The second-order valence-corrected chi connectivity index (χ2v) is 5.20. The minimum Gasteiger partial charge on any atom is -0.357 e. The van der Waals surface area contributed by atoms with Gasteiger partial charge in [-0.25, -0.2) is 0 Å². The smallest absolute Gasteiger partial charge is 0.229 e. The molecule has 1 saturated carbocycles. The molecule has 0 bridgehead atoms. The van der Waals surface area contributed by atoms with E-state index in [1.54, 1.807) is 7.05 Å². The lowest BCUT2D eigenvalue weighted by molar-refractivity contribution is 0.326. The van der Waals surface area contributed by atoms with Crippen molar-refractivity contribution in [1.82, 2.24) is 19.9 Å². The second kappa shape index (κ2) is 4.85. The molecule has 0 amide bonds. The maximum atomic E-state index is 5.85. The van der Waals surface area contributed by atoms with Gasteiger partial charge in [0.1, 0.15) is 0 Å². The van der Waals surface area contributed by atoms with Crippen LogP contribution < -0.4 is 10.6 Å². The standard InChI is InChI=1S/C11H17ClN6/c1-13-10-15-9(12)16-11(17-10)14-7-4-5-18(6-7)8-2-3-8/h7-8H,2-6H2,1H3,(H2,13,14,15,16,17). The second-order valence-electron chi connectivity index (χ2n) is 4.86. The van der Waals surface area contributed by atoms with Crippen LogP contribution in [0.5, 0.6) is 0 Å². The zero-order valence-corrected chi connectivity index (χ0v) is 11.1. The Morgan fingerprint density at radius 3 is 2.67 bits per heavy atom. The van der Waals surface area contributed by atoms with Crippen LogP contribution >= 0.6 is 11.6 Å². The van der Waals surface area contributed by atoms with Crippen molar-refractivity contribution in [1.29, 1.82) is 0 Å². The number of rotatable bonds is 4. The van der Waals surface area contributed by atoms with Crippen LogP contribution in [0.15, 0.2) is 0 Å². The normalized spacial score (nSPS) is 24.2. The van der Waals surface area contributed by atoms with Gasteiger partial charge < -0.3 is 10.6 Å². The molecule has 2 heterocycles. The fraction of sp³-hybridized carbons (Fsp3) is 0.727. The molecule has 0 radical (unpaired) electrons. The first-order valence-electron chi connectivity index (χ1n) is 6.34. The molecule has 1 aromatic rings. The van der Waals surface area contributed by atoms with Crippen molar-refractivity contribution in [3.63, 3.8) is 0 Å². The summed E-state index contributed by atoms with van der Waals surface area (Å²) in [7, 11) is 1.76. The third kappa shape index (κ3) is 2.64. The van der Waals surface area contributed by atoms with Gasteiger partial charge in [-0.1, -0.05) is 0 Å². The lowest BCUT2D eigenvalue weighted by atomic mass is 10.3. The lowest BCUT2D eigenvalue weighted by Crippen LogP contribution is -2.28. The summed E-state index contributed by atoms with van der Waals surface area (Å²) in [5.41, 5.74) is 0. The van der Waals surface area contributed by atoms with Crippen LogP contribution in [0, 0.1) is 0 Å². The Labute approximate surface area is 111 Å². The van der Waals surface area contributed by atoms with Crippen molar-refractivity contribution in [3.05, 3.63) is 5.28 Å². The van der Waals surface area contributed by atoms with Crippen LogP contribution in [0.25, 0.3) is 0 Å². The van der Waals surface area contributed by atoms with E-state index in [4.69, 9.17) is 11.6 Å². The molecule has 18 heavy (non-hydrogen) atoms. The molecular formula is C11H17ClN6. The van der Waals surface area contributed by atoms with Gasteiger partial charge in [-0.05, 0) is 30.9 Å². The van der Waals surface area contributed by atoms with E-state index in [2.05, 4.69) is 30.5 Å². The molecule has 98 valence electrons. The Hall–Kier alpha value is -1.14. The van der Waals surface area contributed by atoms with Crippen LogP contribution in [0.1, 0.15) is 19.3 Å². The van der Waals surface area contributed by atoms with Crippen LogP contribution in [-0.4, -0.2) is 52.1 Å². The molecule has 0 aromatic carbocycles. The van der Waals surface area contributed by atoms with Gasteiger partial charge in [-0.15, -0.1) is 0 Å². The molecule has 6 nitrogen and oxygen atoms in total. The van der Waals surface area contributed by atoms with Crippen molar-refractivity contribution in [2.45, 2.75) is 31.3 Å². The fourth-order valence-corrected chi connectivity index (χ4v) is 2.55. The third-order valence-corrected chi connectivity index (χ3v) is 3.62. The number of hydrogen-bond donors (Lipinski definition) is 2. The first-order valence-corrected chi connectivity index (χ1v) is 6.72. The lowest BCUT2D eigenvalue weighted by Gasteiger charge is -2.15. The van der Waals surface area contributed by atoms with Gasteiger partial charge >= 0.3 is 0 Å². The SMILES string of the molecule is CNc1nc(Cl)nc(NC2CCN(C3CC3)C2)n1. The number of likely N-dealkylation sites (tertiary alicyclic amines) is 1. The van der Waals surface area contributed by atoms with Crippen molar-refractivity contribution in [2.75, 3.05) is 30.8 Å². The Balaban J connectivity index is 1.63. The molecule has 7 heteroatoms. The molecule has 0 spiro atoms. The van der Waals surface area contributed by atoms with Crippen molar-refractivity contribution in [3.8, 4) is 0 Å². The van der Waals surface area contributed by atoms with Crippen LogP contribution in [0.4, 0.5) is 11.9 Å². The van der Waals surface area contributed by atoms with Crippen LogP contribution in [-0.2, 0) is 0 Å². The first kappa shape index (κ1) is 11.9. The van der Waals surface area contributed by atoms with E-state index >= 15 is 0 Å². The van der Waals surface area contributed by atoms with E-state index in [1.165, 1.54) is 19.4 Å². The monoisotopic (exact) mass is 268 g/mol. The number of anilines is 2. The highest BCUT2D eigenvalue weighted by molar-refractivity contribution is 6.28. The van der Waals surface area contributed by atoms with Crippen molar-refractivity contribution >= 4 is 23.5 Å². The summed E-state index contributed by atoms with van der Waals surface area (Å²) >= 11 is 5.85. The maximum absolute atomic E-state index is 5.85. The van der Waals surface area contributed by atoms with Gasteiger partial charge in [-0.3, -0.25) is 4.90 Å². The summed E-state index contributed by atoms with van der Waals surface area (Å²) in [6.45, 7) is 2.24. The van der Waals surface area contributed by atoms with E-state index in [-0.39, 0.29) is 5.28 Å². The molecule has 1 aromatic heterocycles. The average Bonchev–Trinajstić information content (AvgIpc) is 3.10. The molecule has 1 unspecified atom stereocenters. The van der Waals surface area contributed by atoms with Gasteiger partial charge in [0.2, 0.25) is 17.2 Å². The molecule has 1 aliphatic carbocycles. The van der Waals surface area contributed by atoms with E-state index in [0.29, 0.717) is 17.9 Å². The molecule has 2 aliphatic rings. The summed E-state index contributed by atoms with van der Waals surface area (Å²) in [5.74, 6) is 1.05. The highest BCUT2D eigenvalue weighted by atomic mass is 35.5. The molecule has 1 aliphatic heterocycles. The van der Waals surface area contributed by atoms with Crippen molar-refractivity contribution in [2.24, 2.45) is 0 Å². The van der Waals surface area contributed by atoms with E-state index < -0.39 is 0 Å². The minimum absolute atomic E-state index is 0.217. The van der Waals surface area contributed by atoms with Crippen LogP contribution in [0.2, 0.25) is 5.28 Å². The number of halogens is 1. The Morgan fingerprint density at radius 2 is 1.94 bits per heavy atom. The molecule has 2 N–H and O–H groups in total. The number of nitrogens with one attached hydrogen (secondary N) is 2. The largest absolute Gasteiger partial charge is 0.357 e. The average molecular weight is 269 g/mol. The Bertz CT molecular complexity index is 436. The summed E-state index contributed by atoms with van der Waals surface area (Å²) < 4.78 is 0. The first-order chi connectivity index (χ1) is 8.74. The van der Waals surface area contributed by atoms with Gasteiger partial charge in [0, 0.05) is 32.2 Å². The highest BCUT2D eigenvalue weighted by Gasteiger charge is 2.34. The molecular weight excluding hydrogens is 252 g/mol. The Kier molecular flexibility index (Phi) is 3.22.